The first-order valence-corrected chi connectivity index (χ1v) is 7.23. The second-order valence-electron chi connectivity index (χ2n) is 5.54. The Kier molecular flexibility index (Phi) is 3.58. The third-order valence-corrected chi connectivity index (χ3v) is 3.97. The van der Waals surface area contributed by atoms with E-state index in [-0.39, 0.29) is 11.6 Å². The van der Waals surface area contributed by atoms with Crippen LogP contribution in [0.25, 0.3) is 5.65 Å². The van der Waals surface area contributed by atoms with Crippen LogP contribution in [-0.4, -0.2) is 33.3 Å². The largest absolute Gasteiger partial charge is 0.417 e. The number of aromatic nitrogens is 2. The highest BCUT2D eigenvalue weighted by molar-refractivity contribution is 5.94. The summed E-state index contributed by atoms with van der Waals surface area (Å²) in [7, 11) is 0. The van der Waals surface area contributed by atoms with Crippen molar-refractivity contribution in [2.45, 2.75) is 32.4 Å². The zero-order valence-electron chi connectivity index (χ0n) is 12.2. The fourth-order valence-corrected chi connectivity index (χ4v) is 2.83. The fourth-order valence-electron chi connectivity index (χ4n) is 2.83. The molecule has 2 aromatic heterocycles. The van der Waals surface area contributed by atoms with Crippen molar-refractivity contribution in [3.8, 4) is 0 Å². The van der Waals surface area contributed by atoms with Gasteiger partial charge in [0.05, 0.1) is 11.3 Å². The van der Waals surface area contributed by atoms with Crippen LogP contribution in [0.5, 0.6) is 0 Å². The van der Waals surface area contributed by atoms with Crippen LogP contribution in [-0.2, 0) is 6.18 Å². The number of hydrogen-bond acceptors (Lipinski definition) is 2. The molecule has 118 valence electrons. The Morgan fingerprint density at radius 1 is 1.18 bits per heavy atom. The summed E-state index contributed by atoms with van der Waals surface area (Å²) in [6.45, 7) is 2.94. The van der Waals surface area contributed by atoms with Crippen LogP contribution in [0.2, 0.25) is 0 Å². The highest BCUT2D eigenvalue weighted by atomic mass is 19.4. The van der Waals surface area contributed by atoms with Crippen molar-refractivity contribution in [3.63, 3.8) is 0 Å². The van der Waals surface area contributed by atoms with E-state index in [1.54, 1.807) is 11.8 Å². The highest BCUT2D eigenvalue weighted by Crippen LogP contribution is 2.30. The molecule has 1 aliphatic rings. The van der Waals surface area contributed by atoms with Gasteiger partial charge in [-0.3, -0.25) is 9.20 Å². The van der Waals surface area contributed by atoms with Crippen LogP contribution in [0, 0.1) is 6.92 Å². The average Bonchev–Trinajstić information content (AvgIpc) is 2.81. The van der Waals surface area contributed by atoms with E-state index < -0.39 is 11.7 Å². The van der Waals surface area contributed by atoms with Gasteiger partial charge in [-0.15, -0.1) is 0 Å². The second kappa shape index (κ2) is 5.30. The molecule has 3 heterocycles. The summed E-state index contributed by atoms with van der Waals surface area (Å²) in [5.74, 6) is -0.246. The lowest BCUT2D eigenvalue weighted by molar-refractivity contribution is -0.137. The molecular formula is C15H16F3N3O. The average molecular weight is 311 g/mol. The molecule has 0 aromatic carbocycles. The lowest BCUT2D eigenvalue weighted by atomic mass is 10.1. The lowest BCUT2D eigenvalue weighted by Gasteiger charge is -2.26. The monoisotopic (exact) mass is 311 g/mol. The number of hydrogen-bond donors (Lipinski definition) is 0. The Balaban J connectivity index is 2.07. The molecule has 0 bridgehead atoms. The van der Waals surface area contributed by atoms with Crippen molar-refractivity contribution in [3.05, 3.63) is 35.3 Å². The zero-order chi connectivity index (χ0) is 15.9. The quantitative estimate of drug-likeness (QED) is 0.810. The number of halogens is 3. The summed E-state index contributed by atoms with van der Waals surface area (Å²) in [5, 5.41) is 0. The molecular weight excluding hydrogens is 295 g/mol. The molecule has 3 rings (SSSR count). The van der Waals surface area contributed by atoms with Gasteiger partial charge in [0.25, 0.3) is 5.91 Å². The molecule has 1 amide bonds. The molecule has 0 atom stereocenters. The van der Waals surface area contributed by atoms with Gasteiger partial charge in [0, 0.05) is 19.3 Å². The summed E-state index contributed by atoms with van der Waals surface area (Å²) in [5.41, 5.74) is 0.244. The number of imidazole rings is 1. The van der Waals surface area contributed by atoms with Gasteiger partial charge in [-0.25, -0.2) is 4.98 Å². The SMILES string of the molecule is Cc1nc2ccc(C(F)(F)F)cn2c1C(=O)N1CCCCC1. The summed E-state index contributed by atoms with van der Waals surface area (Å²) in [6.07, 6.45) is -0.566. The van der Waals surface area contributed by atoms with Crippen molar-refractivity contribution in [1.29, 1.82) is 0 Å². The van der Waals surface area contributed by atoms with Crippen molar-refractivity contribution < 1.29 is 18.0 Å². The maximum absolute atomic E-state index is 12.9. The molecule has 1 aliphatic heterocycles. The van der Waals surface area contributed by atoms with Gasteiger partial charge >= 0.3 is 6.18 Å². The molecule has 0 saturated carbocycles. The Morgan fingerprint density at radius 3 is 2.50 bits per heavy atom. The normalized spacial score (nSPS) is 16.3. The number of aryl methyl sites for hydroxylation is 1. The summed E-state index contributed by atoms with van der Waals surface area (Å²) in [6, 6.07) is 2.28. The minimum Gasteiger partial charge on any atom is -0.337 e. The molecule has 0 radical (unpaired) electrons. The van der Waals surface area contributed by atoms with Crippen LogP contribution in [0.15, 0.2) is 18.3 Å². The number of rotatable bonds is 1. The molecule has 4 nitrogen and oxygen atoms in total. The zero-order valence-corrected chi connectivity index (χ0v) is 12.2. The van der Waals surface area contributed by atoms with Crippen LogP contribution >= 0.6 is 0 Å². The molecule has 1 saturated heterocycles. The van der Waals surface area contributed by atoms with Gasteiger partial charge in [-0.1, -0.05) is 0 Å². The highest BCUT2D eigenvalue weighted by Gasteiger charge is 2.32. The molecule has 0 N–H and O–H groups in total. The first-order chi connectivity index (χ1) is 10.4. The standard InChI is InChI=1S/C15H16F3N3O/c1-10-13(14(22)20-7-3-2-4-8-20)21-9-11(15(16,17)18)5-6-12(21)19-10/h5-6,9H,2-4,7-8H2,1H3. The predicted octanol–water partition coefficient (Wildman–Crippen LogP) is 3.29. The minimum absolute atomic E-state index is 0.225. The van der Waals surface area contributed by atoms with E-state index in [1.807, 2.05) is 0 Å². The third kappa shape index (κ3) is 2.55. The number of pyridine rings is 1. The Morgan fingerprint density at radius 2 is 1.86 bits per heavy atom. The topological polar surface area (TPSA) is 37.6 Å². The first kappa shape index (κ1) is 14.9. The predicted molar refractivity (Wildman–Crippen MR) is 74.7 cm³/mol. The summed E-state index contributed by atoms with van der Waals surface area (Å²) < 4.78 is 39.9. The van der Waals surface area contributed by atoms with Crippen LogP contribution < -0.4 is 0 Å². The van der Waals surface area contributed by atoms with Crippen molar-refractivity contribution in [2.24, 2.45) is 0 Å². The smallest absolute Gasteiger partial charge is 0.337 e. The van der Waals surface area contributed by atoms with E-state index in [9.17, 15) is 18.0 Å². The number of carbonyl (C=O) groups excluding carboxylic acids is 1. The number of fused-ring (bicyclic) bond motifs is 1. The Labute approximate surface area is 125 Å². The van der Waals surface area contributed by atoms with Crippen LogP contribution in [0.3, 0.4) is 0 Å². The van der Waals surface area contributed by atoms with E-state index in [4.69, 9.17) is 0 Å². The number of nitrogens with zero attached hydrogens (tertiary/aromatic N) is 3. The van der Waals surface area contributed by atoms with Crippen molar-refractivity contribution in [1.82, 2.24) is 14.3 Å². The number of carbonyl (C=O) groups is 1. The molecule has 0 aliphatic carbocycles. The van der Waals surface area contributed by atoms with Gasteiger partial charge in [-0.05, 0) is 38.3 Å². The Hall–Kier alpha value is -2.05. The van der Waals surface area contributed by atoms with E-state index in [2.05, 4.69) is 4.98 Å². The Bertz CT molecular complexity index is 715. The fraction of sp³-hybridized carbons (Fsp3) is 0.467. The molecule has 7 heteroatoms. The van der Waals surface area contributed by atoms with Crippen LogP contribution in [0.1, 0.15) is 41.0 Å². The minimum atomic E-state index is -4.45. The summed E-state index contributed by atoms with van der Waals surface area (Å²) >= 11 is 0. The maximum Gasteiger partial charge on any atom is 0.417 e. The molecule has 2 aromatic rings. The van der Waals surface area contributed by atoms with Crippen molar-refractivity contribution in [2.75, 3.05) is 13.1 Å². The van der Waals surface area contributed by atoms with E-state index in [0.717, 1.165) is 31.5 Å². The summed E-state index contributed by atoms with van der Waals surface area (Å²) in [4.78, 5) is 18.5. The third-order valence-electron chi connectivity index (χ3n) is 3.97. The van der Waals surface area contributed by atoms with Gasteiger partial charge in [0.2, 0.25) is 0 Å². The van der Waals surface area contributed by atoms with Gasteiger partial charge in [-0.2, -0.15) is 13.2 Å². The van der Waals surface area contributed by atoms with E-state index >= 15 is 0 Å². The molecule has 0 unspecified atom stereocenters. The number of amides is 1. The maximum atomic E-state index is 12.9. The van der Waals surface area contributed by atoms with Gasteiger partial charge in [0.1, 0.15) is 11.3 Å². The van der Waals surface area contributed by atoms with Gasteiger partial charge < -0.3 is 4.90 Å². The van der Waals surface area contributed by atoms with Gasteiger partial charge in [0.15, 0.2) is 0 Å². The number of likely N-dealkylation sites (tertiary alicyclic amines) is 1. The lowest BCUT2D eigenvalue weighted by Crippen LogP contribution is -2.36. The second-order valence-corrected chi connectivity index (χ2v) is 5.54. The van der Waals surface area contributed by atoms with E-state index in [1.165, 1.54) is 10.5 Å². The molecule has 1 fully saturated rings. The van der Waals surface area contributed by atoms with Crippen LogP contribution in [0.4, 0.5) is 13.2 Å². The molecule has 0 spiro atoms. The number of piperidine rings is 1. The molecule has 22 heavy (non-hydrogen) atoms. The first-order valence-electron chi connectivity index (χ1n) is 7.23. The van der Waals surface area contributed by atoms with E-state index in [0.29, 0.717) is 24.4 Å². The number of alkyl halides is 3. The van der Waals surface area contributed by atoms with Crippen molar-refractivity contribution >= 4 is 11.6 Å².